The molecular weight excluding hydrogens is 584 g/mol. The van der Waals surface area contributed by atoms with Crippen molar-refractivity contribution >= 4 is 23.4 Å². The van der Waals surface area contributed by atoms with Gasteiger partial charge in [0.2, 0.25) is 0 Å². The third-order valence-corrected chi connectivity index (χ3v) is 8.64. The number of benzene rings is 2. The fourth-order valence-electron chi connectivity index (χ4n) is 5.60. The second kappa shape index (κ2) is 25.9. The molecule has 0 aliphatic heterocycles. The van der Waals surface area contributed by atoms with Crippen molar-refractivity contribution in [3.63, 3.8) is 0 Å². The molecule has 0 saturated heterocycles. The van der Waals surface area contributed by atoms with E-state index in [0.717, 1.165) is 42.0 Å². The fourth-order valence-corrected chi connectivity index (χ4v) is 5.60. The van der Waals surface area contributed by atoms with E-state index in [9.17, 15) is 9.59 Å². The summed E-state index contributed by atoms with van der Waals surface area (Å²) in [4.78, 5) is 29.1. The summed E-state index contributed by atoms with van der Waals surface area (Å²) in [6.45, 7) is 7.55. The second-order valence-electron chi connectivity index (χ2n) is 13.3. The van der Waals surface area contributed by atoms with E-state index in [1.54, 1.807) is 0 Å². The Morgan fingerprint density at radius 3 is 1.15 bits per heavy atom. The van der Waals surface area contributed by atoms with E-state index in [1.165, 1.54) is 103 Å². The van der Waals surface area contributed by atoms with Gasteiger partial charge in [-0.05, 0) is 81.8 Å². The lowest BCUT2D eigenvalue weighted by Crippen LogP contribution is -2.38. The van der Waals surface area contributed by atoms with E-state index in [2.05, 4.69) is 44.9 Å². The predicted octanol–water partition coefficient (Wildman–Crippen LogP) is 9.58. The van der Waals surface area contributed by atoms with E-state index in [1.807, 2.05) is 62.6 Å². The Balaban J connectivity index is 1.58. The summed E-state index contributed by atoms with van der Waals surface area (Å²) in [5.74, 6) is 0. The van der Waals surface area contributed by atoms with Crippen LogP contribution in [0.4, 0.5) is 21.0 Å². The average Bonchev–Trinajstić information content (AvgIpc) is 3.07. The van der Waals surface area contributed by atoms with Gasteiger partial charge in [0.05, 0.1) is 13.3 Å². The van der Waals surface area contributed by atoms with Gasteiger partial charge >= 0.3 is 12.1 Å². The molecule has 0 bridgehead atoms. The summed E-state index contributed by atoms with van der Waals surface area (Å²) in [6.07, 6.45) is 21.7. The summed E-state index contributed by atoms with van der Waals surface area (Å²) < 4.78 is 0. The van der Waals surface area contributed by atoms with Crippen molar-refractivity contribution in [2.24, 2.45) is 0 Å². The van der Waals surface area contributed by atoms with Crippen molar-refractivity contribution in [2.75, 3.05) is 51.2 Å². The van der Waals surface area contributed by atoms with Crippen LogP contribution in [0.1, 0.15) is 128 Å². The monoisotopic (exact) mass is 651 g/mol. The lowest BCUT2D eigenvalue weighted by molar-refractivity contribution is 0.239. The van der Waals surface area contributed by atoms with Crippen molar-refractivity contribution in [2.45, 2.75) is 123 Å². The zero-order valence-electron chi connectivity index (χ0n) is 30.2. The SMILES string of the molecule is CCCCCCCCCCN(C)CNC(=O)Nc1ccc(Cc2ccc(NC(=O)NCN(C)CCCCCCCCCC)cc2)cc1. The van der Waals surface area contributed by atoms with Gasteiger partial charge in [-0.2, -0.15) is 0 Å². The van der Waals surface area contributed by atoms with Gasteiger partial charge in [-0.1, -0.05) is 128 Å². The maximum atomic E-state index is 12.4. The minimum Gasteiger partial charge on any atom is -0.325 e. The average molecular weight is 651 g/mol. The Labute approximate surface area is 286 Å². The Morgan fingerprint density at radius 2 is 0.809 bits per heavy atom. The quantitative estimate of drug-likeness (QED) is 0.0603. The number of nitrogens with one attached hydrogen (secondary N) is 4. The molecule has 4 amide bonds. The fraction of sp³-hybridized carbons (Fsp3) is 0.641. The summed E-state index contributed by atoms with van der Waals surface area (Å²) in [6, 6.07) is 15.5. The highest BCUT2D eigenvalue weighted by atomic mass is 16.2. The third kappa shape index (κ3) is 20.7. The summed E-state index contributed by atoms with van der Waals surface area (Å²) >= 11 is 0. The molecule has 8 nitrogen and oxygen atoms in total. The molecule has 0 aromatic heterocycles. The normalized spacial score (nSPS) is 11.2. The minimum atomic E-state index is -0.192. The van der Waals surface area contributed by atoms with Gasteiger partial charge in [0.15, 0.2) is 0 Å². The molecule has 0 fully saturated rings. The molecule has 0 spiro atoms. The molecule has 0 heterocycles. The lowest BCUT2D eigenvalue weighted by Gasteiger charge is -2.17. The Morgan fingerprint density at radius 1 is 0.489 bits per heavy atom. The van der Waals surface area contributed by atoms with Crippen LogP contribution in [-0.2, 0) is 6.42 Å². The Bertz CT molecular complexity index is 990. The van der Waals surface area contributed by atoms with E-state index in [4.69, 9.17) is 0 Å². The van der Waals surface area contributed by atoms with E-state index >= 15 is 0 Å². The third-order valence-electron chi connectivity index (χ3n) is 8.64. The highest BCUT2D eigenvalue weighted by Crippen LogP contribution is 2.16. The zero-order chi connectivity index (χ0) is 34.0. The first-order chi connectivity index (χ1) is 22.9. The largest absolute Gasteiger partial charge is 0.325 e. The molecule has 0 atom stereocenters. The predicted molar refractivity (Wildman–Crippen MR) is 200 cm³/mol. The Hall–Kier alpha value is -3.10. The highest BCUT2D eigenvalue weighted by Gasteiger charge is 2.07. The van der Waals surface area contributed by atoms with Crippen LogP contribution >= 0.6 is 0 Å². The minimum absolute atomic E-state index is 0.192. The molecule has 0 radical (unpaired) electrons. The van der Waals surface area contributed by atoms with Crippen molar-refractivity contribution in [1.29, 1.82) is 0 Å². The zero-order valence-corrected chi connectivity index (χ0v) is 30.2. The Kier molecular flexibility index (Phi) is 22.1. The number of hydrogen-bond donors (Lipinski definition) is 4. The molecular formula is C39H66N6O2. The number of nitrogens with zero attached hydrogens (tertiary/aromatic N) is 2. The van der Waals surface area contributed by atoms with Gasteiger partial charge in [0.25, 0.3) is 0 Å². The number of carbonyl (C=O) groups excluding carboxylic acids is 2. The summed E-state index contributed by atoms with van der Waals surface area (Å²) in [5, 5.41) is 11.8. The van der Waals surface area contributed by atoms with Gasteiger partial charge in [-0.3, -0.25) is 9.80 Å². The molecule has 47 heavy (non-hydrogen) atoms. The molecule has 2 rings (SSSR count). The van der Waals surface area contributed by atoms with Crippen LogP contribution in [0, 0.1) is 0 Å². The van der Waals surface area contributed by atoms with Gasteiger partial charge in [-0.25, -0.2) is 9.59 Å². The highest BCUT2D eigenvalue weighted by molar-refractivity contribution is 5.89. The summed E-state index contributed by atoms with van der Waals surface area (Å²) in [5.41, 5.74) is 3.84. The van der Waals surface area contributed by atoms with Crippen molar-refractivity contribution in [1.82, 2.24) is 20.4 Å². The van der Waals surface area contributed by atoms with Gasteiger partial charge in [0, 0.05) is 11.4 Å². The number of unbranched alkanes of at least 4 members (excludes halogenated alkanes) is 14. The number of carbonyl (C=O) groups is 2. The maximum Gasteiger partial charge on any atom is 0.320 e. The molecule has 4 N–H and O–H groups in total. The topological polar surface area (TPSA) is 88.7 Å². The molecule has 2 aromatic rings. The van der Waals surface area contributed by atoms with Crippen molar-refractivity contribution in [3.8, 4) is 0 Å². The van der Waals surface area contributed by atoms with Crippen molar-refractivity contribution < 1.29 is 9.59 Å². The van der Waals surface area contributed by atoms with Crippen LogP contribution in [0.25, 0.3) is 0 Å². The number of anilines is 2. The smallest absolute Gasteiger partial charge is 0.320 e. The number of hydrogen-bond acceptors (Lipinski definition) is 4. The van der Waals surface area contributed by atoms with Gasteiger partial charge < -0.3 is 21.3 Å². The van der Waals surface area contributed by atoms with Crippen LogP contribution in [0.2, 0.25) is 0 Å². The molecule has 0 saturated carbocycles. The van der Waals surface area contributed by atoms with E-state index in [-0.39, 0.29) is 12.1 Å². The van der Waals surface area contributed by atoms with Crippen LogP contribution in [0.3, 0.4) is 0 Å². The van der Waals surface area contributed by atoms with Crippen LogP contribution < -0.4 is 21.3 Å². The first kappa shape index (κ1) is 40.1. The first-order valence-electron chi connectivity index (χ1n) is 18.5. The standard InChI is InChI=1S/C39H66N6O2/c1-5-7-9-11-13-15-17-19-29-44(3)32-40-38(46)42-36-25-21-34(22-26-36)31-35-23-27-37(28-24-35)43-39(47)41-33-45(4)30-20-18-16-14-12-10-8-6-2/h21-28H,5-20,29-33H2,1-4H3,(H2,40,42,46)(H2,41,43,47). The summed E-state index contributed by atoms with van der Waals surface area (Å²) in [7, 11) is 4.10. The van der Waals surface area contributed by atoms with Gasteiger partial charge in [-0.15, -0.1) is 0 Å². The van der Waals surface area contributed by atoms with E-state index in [0.29, 0.717) is 13.3 Å². The van der Waals surface area contributed by atoms with Crippen LogP contribution in [0.5, 0.6) is 0 Å². The number of urea groups is 2. The first-order valence-corrected chi connectivity index (χ1v) is 18.5. The number of rotatable bonds is 26. The van der Waals surface area contributed by atoms with Crippen LogP contribution in [-0.4, -0.2) is 62.4 Å². The second-order valence-corrected chi connectivity index (χ2v) is 13.3. The molecule has 8 heteroatoms. The molecule has 0 aliphatic rings. The van der Waals surface area contributed by atoms with Crippen molar-refractivity contribution in [3.05, 3.63) is 59.7 Å². The molecule has 0 unspecified atom stereocenters. The molecule has 2 aromatic carbocycles. The van der Waals surface area contributed by atoms with E-state index < -0.39 is 0 Å². The number of amides is 4. The lowest BCUT2D eigenvalue weighted by atomic mass is 10.0. The molecule has 0 aliphatic carbocycles. The molecule has 264 valence electrons. The maximum absolute atomic E-state index is 12.4. The van der Waals surface area contributed by atoms with Gasteiger partial charge in [0.1, 0.15) is 0 Å². The van der Waals surface area contributed by atoms with Crippen LogP contribution in [0.15, 0.2) is 48.5 Å².